The summed E-state index contributed by atoms with van der Waals surface area (Å²) in [4.78, 5) is 0. The molecule has 142 valence electrons. The maximum Gasteiger partial charge on any atom is 0.180 e. The number of halogens is 3. The summed E-state index contributed by atoms with van der Waals surface area (Å²) in [6, 6.07) is 7.81. The smallest absolute Gasteiger partial charge is 0.180 e. The number of unbranched alkanes of at least 4 members (excludes halogenated alkanes) is 1. The highest BCUT2D eigenvalue weighted by atomic mass is 35.5. The van der Waals surface area contributed by atoms with E-state index in [1.54, 1.807) is 13.2 Å². The highest BCUT2D eigenvalue weighted by molar-refractivity contribution is 6.32. The van der Waals surface area contributed by atoms with Crippen molar-refractivity contribution in [3.8, 4) is 11.5 Å². The van der Waals surface area contributed by atoms with E-state index in [1.165, 1.54) is 12.1 Å². The van der Waals surface area contributed by atoms with Crippen molar-refractivity contribution in [3.05, 3.63) is 57.3 Å². The van der Waals surface area contributed by atoms with Gasteiger partial charge in [0.25, 0.3) is 0 Å². The Balaban J connectivity index is 2.03. The minimum atomic E-state index is -0.398. The molecule has 0 heterocycles. The molecule has 2 rings (SSSR count). The van der Waals surface area contributed by atoms with Gasteiger partial charge in [0.15, 0.2) is 11.5 Å². The van der Waals surface area contributed by atoms with Gasteiger partial charge in [0.1, 0.15) is 12.4 Å². The van der Waals surface area contributed by atoms with E-state index in [-0.39, 0.29) is 13.2 Å². The fourth-order valence-electron chi connectivity index (χ4n) is 2.40. The summed E-state index contributed by atoms with van der Waals surface area (Å²) in [5.74, 6) is 0.534. The number of benzene rings is 2. The van der Waals surface area contributed by atoms with Crippen LogP contribution in [0.15, 0.2) is 30.3 Å². The molecule has 0 aliphatic heterocycles. The minimum absolute atomic E-state index is 0.147. The van der Waals surface area contributed by atoms with Gasteiger partial charge in [0.2, 0.25) is 0 Å². The van der Waals surface area contributed by atoms with Gasteiger partial charge in [0.05, 0.1) is 17.2 Å². The van der Waals surface area contributed by atoms with Gasteiger partial charge in [-0.1, -0.05) is 29.3 Å². The lowest BCUT2D eigenvalue weighted by Crippen LogP contribution is -2.15. The Morgan fingerprint density at radius 2 is 1.92 bits per heavy atom. The highest BCUT2D eigenvalue weighted by Gasteiger charge is 2.13. The van der Waals surface area contributed by atoms with Crippen LogP contribution in [0.5, 0.6) is 11.5 Å². The van der Waals surface area contributed by atoms with Crippen LogP contribution in [-0.4, -0.2) is 25.4 Å². The zero-order chi connectivity index (χ0) is 18.9. The van der Waals surface area contributed by atoms with Gasteiger partial charge in [-0.3, -0.25) is 0 Å². The monoisotopic (exact) mass is 401 g/mol. The zero-order valence-electron chi connectivity index (χ0n) is 14.5. The molecule has 0 unspecified atom stereocenters. The molecule has 26 heavy (non-hydrogen) atoms. The maximum atomic E-state index is 13.1. The van der Waals surface area contributed by atoms with E-state index < -0.39 is 5.82 Å². The fraction of sp³-hybridized carbons (Fsp3) is 0.368. The lowest BCUT2D eigenvalue weighted by molar-refractivity contribution is 0.283. The first-order chi connectivity index (χ1) is 12.5. The molecule has 0 aliphatic rings. The summed E-state index contributed by atoms with van der Waals surface area (Å²) in [5, 5.41) is 12.8. The van der Waals surface area contributed by atoms with Crippen LogP contribution >= 0.6 is 23.2 Å². The van der Waals surface area contributed by atoms with Crippen LogP contribution in [0.1, 0.15) is 24.0 Å². The number of aliphatic hydroxyl groups is 1. The summed E-state index contributed by atoms with van der Waals surface area (Å²) in [5.41, 5.74) is 1.61. The average Bonchev–Trinajstić information content (AvgIpc) is 2.61. The molecule has 0 saturated heterocycles. The van der Waals surface area contributed by atoms with Gasteiger partial charge in [-0.05, 0) is 49.2 Å². The van der Waals surface area contributed by atoms with Crippen molar-refractivity contribution in [1.82, 2.24) is 5.32 Å². The molecular weight excluding hydrogens is 380 g/mol. The van der Waals surface area contributed by atoms with Crippen LogP contribution in [0.2, 0.25) is 10.0 Å². The van der Waals surface area contributed by atoms with Crippen molar-refractivity contribution >= 4 is 23.2 Å². The van der Waals surface area contributed by atoms with Crippen LogP contribution in [0.4, 0.5) is 4.39 Å². The molecule has 0 aliphatic carbocycles. The third kappa shape index (κ3) is 6.02. The van der Waals surface area contributed by atoms with E-state index in [2.05, 4.69) is 5.32 Å². The SMILES string of the molecule is COc1cc(CNCCCCO)cc(Cl)c1OCc1ccc(F)cc1Cl. The number of hydrogen-bond acceptors (Lipinski definition) is 4. The predicted octanol–water partition coefficient (Wildman–Crippen LogP) is 4.58. The minimum Gasteiger partial charge on any atom is -0.493 e. The Kier molecular flexibility index (Phi) is 8.45. The highest BCUT2D eigenvalue weighted by Crippen LogP contribution is 2.37. The molecule has 2 aromatic carbocycles. The Labute approximate surface area is 162 Å². The van der Waals surface area contributed by atoms with Crippen LogP contribution in [0.3, 0.4) is 0 Å². The van der Waals surface area contributed by atoms with Crippen molar-refractivity contribution in [2.24, 2.45) is 0 Å². The number of rotatable bonds is 10. The summed E-state index contributed by atoms with van der Waals surface area (Å²) >= 11 is 12.4. The van der Waals surface area contributed by atoms with E-state index in [9.17, 15) is 4.39 Å². The van der Waals surface area contributed by atoms with Crippen LogP contribution < -0.4 is 14.8 Å². The molecule has 0 atom stereocenters. The Morgan fingerprint density at radius 1 is 1.12 bits per heavy atom. The van der Waals surface area contributed by atoms with Crippen molar-refractivity contribution in [3.63, 3.8) is 0 Å². The molecule has 2 N–H and O–H groups in total. The number of ether oxygens (including phenoxy) is 2. The first-order valence-electron chi connectivity index (χ1n) is 8.30. The molecule has 4 nitrogen and oxygen atoms in total. The molecular formula is C19H22Cl2FNO3. The van der Waals surface area contributed by atoms with Gasteiger partial charge in [-0.25, -0.2) is 4.39 Å². The Bertz CT molecular complexity index is 728. The number of aliphatic hydroxyl groups excluding tert-OH is 1. The van der Waals surface area contributed by atoms with E-state index in [1.807, 2.05) is 12.1 Å². The van der Waals surface area contributed by atoms with Crippen LogP contribution in [0.25, 0.3) is 0 Å². The van der Waals surface area contributed by atoms with Crippen molar-refractivity contribution < 1.29 is 19.0 Å². The molecule has 0 radical (unpaired) electrons. The first-order valence-corrected chi connectivity index (χ1v) is 9.05. The number of hydrogen-bond donors (Lipinski definition) is 2. The standard InChI is InChI=1S/C19H22Cl2FNO3/c1-25-18-9-13(11-23-6-2-3-7-24)8-17(21)19(18)26-12-14-4-5-15(22)10-16(14)20/h4-5,8-10,23-24H,2-3,6-7,11-12H2,1H3. The largest absolute Gasteiger partial charge is 0.493 e. The predicted molar refractivity (Wildman–Crippen MR) is 102 cm³/mol. The van der Waals surface area contributed by atoms with E-state index >= 15 is 0 Å². The Hall–Kier alpha value is -1.53. The van der Waals surface area contributed by atoms with E-state index in [0.717, 1.165) is 24.9 Å². The molecule has 0 spiro atoms. The normalized spacial score (nSPS) is 10.8. The van der Waals surface area contributed by atoms with E-state index in [0.29, 0.717) is 33.7 Å². The summed E-state index contributed by atoms with van der Waals surface area (Å²) in [7, 11) is 1.54. The summed E-state index contributed by atoms with van der Waals surface area (Å²) < 4.78 is 24.3. The second kappa shape index (κ2) is 10.6. The van der Waals surface area contributed by atoms with Gasteiger partial charge in [-0.15, -0.1) is 0 Å². The molecule has 2 aromatic rings. The molecule has 0 fully saturated rings. The van der Waals surface area contributed by atoms with Gasteiger partial charge < -0.3 is 19.9 Å². The zero-order valence-corrected chi connectivity index (χ0v) is 16.0. The average molecular weight is 402 g/mol. The van der Waals surface area contributed by atoms with Crippen molar-refractivity contribution in [2.45, 2.75) is 26.0 Å². The second-order valence-electron chi connectivity index (χ2n) is 5.74. The van der Waals surface area contributed by atoms with Crippen molar-refractivity contribution in [2.75, 3.05) is 20.3 Å². The third-order valence-corrected chi connectivity index (χ3v) is 4.40. The molecule has 0 saturated carbocycles. The maximum absolute atomic E-state index is 13.1. The second-order valence-corrected chi connectivity index (χ2v) is 6.56. The third-order valence-electron chi connectivity index (χ3n) is 3.77. The summed E-state index contributed by atoms with van der Waals surface area (Å²) in [6.07, 6.45) is 1.68. The number of nitrogens with one attached hydrogen (secondary N) is 1. The molecule has 0 amide bonds. The van der Waals surface area contributed by atoms with Crippen molar-refractivity contribution in [1.29, 1.82) is 0 Å². The lowest BCUT2D eigenvalue weighted by atomic mass is 10.2. The van der Waals surface area contributed by atoms with Gasteiger partial charge in [-0.2, -0.15) is 0 Å². The van der Waals surface area contributed by atoms with Crippen LogP contribution in [-0.2, 0) is 13.2 Å². The topological polar surface area (TPSA) is 50.7 Å². The lowest BCUT2D eigenvalue weighted by Gasteiger charge is -2.15. The first kappa shape index (κ1) is 20.8. The van der Waals surface area contributed by atoms with E-state index in [4.69, 9.17) is 37.8 Å². The molecule has 7 heteroatoms. The van der Waals surface area contributed by atoms with Crippen LogP contribution in [0, 0.1) is 5.82 Å². The Morgan fingerprint density at radius 3 is 2.62 bits per heavy atom. The quantitative estimate of drug-likeness (QED) is 0.572. The van der Waals surface area contributed by atoms with Gasteiger partial charge in [0, 0.05) is 18.7 Å². The number of methoxy groups -OCH3 is 1. The fourth-order valence-corrected chi connectivity index (χ4v) is 2.91. The molecule has 0 aromatic heterocycles. The summed E-state index contributed by atoms with van der Waals surface area (Å²) in [6.45, 7) is 1.78. The van der Waals surface area contributed by atoms with Gasteiger partial charge >= 0.3 is 0 Å². The molecule has 0 bridgehead atoms.